The van der Waals surface area contributed by atoms with Gasteiger partial charge in [0.25, 0.3) is 0 Å². The van der Waals surface area contributed by atoms with Crippen LogP contribution in [0.15, 0.2) is 0 Å². The Hall–Kier alpha value is -4.68. The fourth-order valence-electron chi connectivity index (χ4n) is 10.3. The summed E-state index contributed by atoms with van der Waals surface area (Å²) >= 11 is 0. The first-order chi connectivity index (χ1) is 43.3. The smallest absolute Gasteiger partial charge is 0.222 e. The number of amides is 7. The number of rotatable bonds is 46. The minimum absolute atomic E-state index is 0.00342. The molecule has 0 aromatic carbocycles. The van der Waals surface area contributed by atoms with Gasteiger partial charge in [0.2, 0.25) is 41.4 Å². The molecular weight excluding hydrogens is 1200 g/mol. The lowest BCUT2D eigenvalue weighted by Gasteiger charge is -2.40. The Morgan fingerprint density at radius 3 is 1.07 bits per heavy atom. The fourth-order valence-corrected chi connectivity index (χ4v) is 10.3. The van der Waals surface area contributed by atoms with Crippen molar-refractivity contribution in [3.05, 3.63) is 0 Å². The molecule has 3 rings (SSSR count). The van der Waals surface area contributed by atoms with E-state index in [0.29, 0.717) is 32.4 Å². The van der Waals surface area contributed by atoms with Gasteiger partial charge < -0.3 is 116 Å². The van der Waals surface area contributed by atoms with Gasteiger partial charge in [0.1, 0.15) is 42.4 Å². The van der Waals surface area contributed by atoms with E-state index in [4.69, 9.17) is 33.2 Å². The summed E-state index contributed by atoms with van der Waals surface area (Å²) in [4.78, 5) is 105. The summed E-state index contributed by atoms with van der Waals surface area (Å²) in [5.74, 6) is -4.88. The van der Waals surface area contributed by atoms with E-state index in [2.05, 4.69) is 37.2 Å². The Balaban J connectivity index is 1.63. The molecular formula is C60H107N7O24. The molecule has 6 unspecified atom stereocenters. The van der Waals surface area contributed by atoms with Gasteiger partial charge in [-0.05, 0) is 65.2 Å². The molecule has 31 nitrogen and oxygen atoms in total. The average Bonchev–Trinajstić information content (AvgIpc) is 1.10. The predicted molar refractivity (Wildman–Crippen MR) is 322 cm³/mol. The van der Waals surface area contributed by atoms with Crippen LogP contribution < -0.4 is 37.2 Å². The van der Waals surface area contributed by atoms with E-state index in [9.17, 15) is 84.3 Å². The number of aliphatic hydroxyl groups excluding tert-OH is 9. The first kappa shape index (κ1) is 80.6. The molecule has 3 fully saturated rings. The lowest BCUT2D eigenvalue weighted by molar-refractivity contribution is -0.282. The Kier molecular flexibility index (Phi) is 39.0. The minimum atomic E-state index is -1.31. The number of hydrogen-bond donors (Lipinski definition) is 16. The standard InChI is InChI=1S/C60H107N7O24/c1-36(2)85-29-10-28-66-44(72)12-6-13-50(78)67-60(20-14-40(71)11-7-23-61-47(75)17-30-86-57-37(3)51(79)54(82)41(33-68)89-57,21-15-45(73)62-24-8-26-64-48(76)18-31-87-58-38(4)52(80)55(83)42(34-69)90-58)22-16-46(74)63-25-9-27-65-49(77)19-32-88-59-39(5)53(81)56(84)43(35-70)91-59/h36-39,41-43,51-59,68-70,79-84H,6-35H2,1-5H3,(H,61,75)(H,62,73)(H,63,74)(H,64,76)(H,65,77)(H,66,72)(H,67,78)/t37?,38?,39?,41?,42?,43?,51-,52-,53-,54+,55+,56+,57-,58-,59-,60?/m1/s1. The number of ketones is 1. The van der Waals surface area contributed by atoms with Crippen LogP contribution in [-0.2, 0) is 71.5 Å². The third-order valence-corrected chi connectivity index (χ3v) is 16.2. The lowest BCUT2D eigenvalue weighted by Crippen LogP contribution is -2.55. The molecule has 91 heavy (non-hydrogen) atoms. The van der Waals surface area contributed by atoms with Crippen LogP contribution in [-0.4, -0.2) is 264 Å². The van der Waals surface area contributed by atoms with E-state index < -0.39 is 141 Å². The highest BCUT2D eigenvalue weighted by Gasteiger charge is 2.45. The molecule has 0 bridgehead atoms. The zero-order valence-electron chi connectivity index (χ0n) is 53.6. The van der Waals surface area contributed by atoms with Gasteiger partial charge in [-0.15, -0.1) is 0 Å². The summed E-state index contributed by atoms with van der Waals surface area (Å²) < 4.78 is 39.0. The van der Waals surface area contributed by atoms with E-state index in [1.807, 2.05) is 13.8 Å². The molecule has 3 aliphatic heterocycles. The number of Topliss-reactive ketones (excluding diaryl/α,β-unsaturated/α-hetero) is 1. The van der Waals surface area contributed by atoms with Gasteiger partial charge in [0.05, 0.1) is 83.3 Å². The Morgan fingerprint density at radius 2 is 0.703 bits per heavy atom. The van der Waals surface area contributed by atoms with E-state index >= 15 is 0 Å². The van der Waals surface area contributed by atoms with Gasteiger partial charge in [0, 0.05) is 108 Å². The molecule has 0 spiro atoms. The van der Waals surface area contributed by atoms with Crippen molar-refractivity contribution in [2.45, 2.75) is 229 Å². The van der Waals surface area contributed by atoms with E-state index in [-0.39, 0.29) is 172 Å². The maximum absolute atomic E-state index is 13.9. The van der Waals surface area contributed by atoms with E-state index in [1.54, 1.807) is 20.8 Å². The molecule has 526 valence electrons. The molecule has 0 radical (unpaired) electrons. The van der Waals surface area contributed by atoms with Crippen LogP contribution in [0, 0.1) is 17.8 Å². The van der Waals surface area contributed by atoms with Crippen molar-refractivity contribution in [3.8, 4) is 0 Å². The summed E-state index contributed by atoms with van der Waals surface area (Å²) in [6, 6.07) is 0. The van der Waals surface area contributed by atoms with Gasteiger partial charge in [0.15, 0.2) is 18.9 Å². The van der Waals surface area contributed by atoms with E-state index in [1.165, 1.54) is 0 Å². The second kappa shape index (κ2) is 44.1. The van der Waals surface area contributed by atoms with Crippen LogP contribution >= 0.6 is 0 Å². The highest BCUT2D eigenvalue weighted by atomic mass is 16.7. The van der Waals surface area contributed by atoms with Crippen LogP contribution in [0.2, 0.25) is 0 Å². The average molecular weight is 1310 g/mol. The van der Waals surface area contributed by atoms with Gasteiger partial charge >= 0.3 is 0 Å². The van der Waals surface area contributed by atoms with Gasteiger partial charge in [-0.2, -0.15) is 0 Å². The normalized spacial score (nSPS) is 27.3. The molecule has 3 aliphatic rings. The van der Waals surface area contributed by atoms with Crippen LogP contribution in [0.1, 0.15) is 144 Å². The molecule has 3 heterocycles. The summed E-state index contributed by atoms with van der Waals surface area (Å²) in [6.07, 6.45) is -12.7. The molecule has 31 heteroatoms. The van der Waals surface area contributed by atoms with Crippen molar-refractivity contribution in [2.75, 3.05) is 85.5 Å². The number of hydrogen-bond acceptors (Lipinski definition) is 24. The monoisotopic (exact) mass is 1310 g/mol. The Labute approximate surface area is 532 Å². The number of carbonyl (C=O) groups is 8. The summed E-state index contributed by atoms with van der Waals surface area (Å²) in [6.45, 7) is 8.31. The van der Waals surface area contributed by atoms with Crippen molar-refractivity contribution >= 4 is 47.1 Å². The van der Waals surface area contributed by atoms with Crippen molar-refractivity contribution in [1.29, 1.82) is 0 Å². The first-order valence-electron chi connectivity index (χ1n) is 32.1. The van der Waals surface area contributed by atoms with Gasteiger partial charge in [-0.1, -0.05) is 20.8 Å². The third kappa shape index (κ3) is 30.5. The first-order valence-corrected chi connectivity index (χ1v) is 32.1. The third-order valence-electron chi connectivity index (χ3n) is 16.2. The molecule has 3 saturated heterocycles. The van der Waals surface area contributed by atoms with Crippen molar-refractivity contribution in [2.24, 2.45) is 17.8 Å². The molecule has 16 N–H and O–H groups in total. The van der Waals surface area contributed by atoms with Gasteiger partial charge in [-0.3, -0.25) is 38.4 Å². The highest BCUT2D eigenvalue weighted by molar-refractivity contribution is 5.82. The lowest BCUT2D eigenvalue weighted by atomic mass is 9.82. The molecule has 0 aromatic heterocycles. The second-order valence-corrected chi connectivity index (χ2v) is 24.0. The van der Waals surface area contributed by atoms with Crippen LogP contribution in [0.5, 0.6) is 0 Å². The molecule has 15 atom stereocenters. The Morgan fingerprint density at radius 1 is 0.385 bits per heavy atom. The molecule has 0 saturated carbocycles. The summed E-state index contributed by atoms with van der Waals surface area (Å²) in [5.41, 5.74) is -1.31. The molecule has 7 amide bonds. The maximum atomic E-state index is 13.9. The number of aliphatic hydroxyl groups is 9. The van der Waals surface area contributed by atoms with Crippen LogP contribution in [0.4, 0.5) is 0 Å². The number of ether oxygens (including phenoxy) is 7. The van der Waals surface area contributed by atoms with E-state index in [0.717, 1.165) is 0 Å². The van der Waals surface area contributed by atoms with Crippen LogP contribution in [0.25, 0.3) is 0 Å². The maximum Gasteiger partial charge on any atom is 0.222 e. The SMILES string of the molecule is CC(C)OCCCNC(=O)CCCC(=O)NC(CCC(=O)CCCNC(=O)CCO[C@@H]1OC(CO)[C@H](O)[C@H](O)C1C)(CCC(=O)NCCCNC(=O)CCO[C@@H]1OC(CO)[C@H](O)[C@H](O)C1C)CCC(=O)NCCCNC(=O)CCO[C@@H]1OC(CO)[C@H](O)[C@H](O)C1C. The topological polar surface area (TPSA) is 467 Å². The zero-order chi connectivity index (χ0) is 67.5. The molecule has 0 aromatic rings. The minimum Gasteiger partial charge on any atom is -0.394 e. The zero-order valence-corrected chi connectivity index (χ0v) is 53.6. The van der Waals surface area contributed by atoms with Crippen molar-refractivity contribution in [1.82, 2.24) is 37.2 Å². The Bertz CT molecular complexity index is 2090. The fraction of sp³-hybridized carbons (Fsp3) is 0.867. The number of carbonyl (C=O) groups excluding carboxylic acids is 8. The molecule has 0 aliphatic carbocycles. The predicted octanol–water partition coefficient (Wildman–Crippen LogP) is -3.56. The summed E-state index contributed by atoms with van der Waals surface area (Å²) in [5, 5.41) is 109. The second-order valence-electron chi connectivity index (χ2n) is 24.0. The van der Waals surface area contributed by atoms with Crippen molar-refractivity contribution in [3.63, 3.8) is 0 Å². The highest BCUT2D eigenvalue weighted by Crippen LogP contribution is 2.30. The van der Waals surface area contributed by atoms with Gasteiger partial charge in [-0.25, -0.2) is 0 Å². The van der Waals surface area contributed by atoms with Crippen LogP contribution in [0.3, 0.4) is 0 Å². The summed E-state index contributed by atoms with van der Waals surface area (Å²) in [7, 11) is 0. The van der Waals surface area contributed by atoms with Crippen molar-refractivity contribution < 1.29 is 117 Å². The largest absolute Gasteiger partial charge is 0.394 e. The number of nitrogens with one attached hydrogen (secondary N) is 7. The quantitative estimate of drug-likeness (QED) is 0.0262.